The van der Waals surface area contributed by atoms with Crippen molar-refractivity contribution < 1.29 is 0 Å². The molecule has 1 aromatic heterocycles. The molecule has 0 radical (unpaired) electrons. The van der Waals surface area contributed by atoms with Gasteiger partial charge in [-0.3, -0.25) is 0 Å². The topological polar surface area (TPSA) is 27.8 Å². The largest absolute Gasteiger partial charge is 0.358 e. The average Bonchev–Trinajstić information content (AvgIpc) is 2.88. The van der Waals surface area contributed by atoms with Crippen LogP contribution >= 0.6 is 0 Å². The molecule has 0 aliphatic carbocycles. The maximum atomic E-state index is 3.60. The van der Waals surface area contributed by atoms with E-state index in [9.17, 15) is 0 Å². The summed E-state index contributed by atoms with van der Waals surface area (Å²) in [6.07, 6.45) is 3.80. The van der Waals surface area contributed by atoms with E-state index in [-0.39, 0.29) is 0 Å². The van der Waals surface area contributed by atoms with E-state index >= 15 is 0 Å². The molecule has 1 aromatic carbocycles. The number of fused-ring (bicyclic) bond motifs is 1. The van der Waals surface area contributed by atoms with E-state index in [0.29, 0.717) is 6.04 Å². The van der Waals surface area contributed by atoms with Crippen LogP contribution in [0.25, 0.3) is 10.9 Å². The first-order valence-electron chi connectivity index (χ1n) is 6.97. The number of benzene rings is 1. The molecule has 2 heteroatoms. The lowest BCUT2D eigenvalue weighted by atomic mass is 9.98. The highest BCUT2D eigenvalue weighted by Gasteiger charge is 2.19. The Labute approximate surface area is 109 Å². The highest BCUT2D eigenvalue weighted by atomic mass is 14.9. The Bertz CT molecular complexity index is 574. The summed E-state index contributed by atoms with van der Waals surface area (Å²) < 4.78 is 0. The molecule has 1 aliphatic rings. The maximum Gasteiger partial charge on any atom is 0.0464 e. The molecule has 2 aromatic rings. The van der Waals surface area contributed by atoms with Crippen LogP contribution in [0.3, 0.4) is 0 Å². The molecule has 1 aliphatic heterocycles. The molecule has 2 N–H and O–H groups in total. The van der Waals surface area contributed by atoms with Gasteiger partial charge >= 0.3 is 0 Å². The third-order valence-corrected chi connectivity index (χ3v) is 4.17. The second kappa shape index (κ2) is 4.43. The zero-order chi connectivity index (χ0) is 12.7. The summed E-state index contributed by atoms with van der Waals surface area (Å²) in [4.78, 5) is 3.55. The van der Waals surface area contributed by atoms with Crippen LogP contribution in [0.15, 0.2) is 12.1 Å². The molecule has 0 saturated carbocycles. The lowest BCUT2D eigenvalue weighted by Gasteiger charge is -2.11. The minimum Gasteiger partial charge on any atom is -0.358 e. The molecule has 0 spiro atoms. The fourth-order valence-corrected chi connectivity index (χ4v) is 3.36. The summed E-state index contributed by atoms with van der Waals surface area (Å²) in [5.74, 6) is 0. The van der Waals surface area contributed by atoms with Crippen molar-refractivity contribution in [3.05, 3.63) is 34.5 Å². The SMILES string of the molecule is Cc1cc(C)c2c(CC3CCCN3)c(C)[nH]c2c1. The van der Waals surface area contributed by atoms with E-state index in [1.807, 2.05) is 0 Å². The van der Waals surface area contributed by atoms with Gasteiger partial charge in [-0.05, 0) is 69.3 Å². The Morgan fingerprint density at radius 3 is 2.78 bits per heavy atom. The number of nitrogens with one attached hydrogen (secondary N) is 2. The Morgan fingerprint density at radius 2 is 2.06 bits per heavy atom. The van der Waals surface area contributed by atoms with Gasteiger partial charge in [0.1, 0.15) is 0 Å². The number of rotatable bonds is 2. The second-order valence-corrected chi connectivity index (χ2v) is 5.73. The molecule has 2 nitrogen and oxygen atoms in total. The predicted octanol–water partition coefficient (Wildman–Crippen LogP) is 3.39. The number of H-pyrrole nitrogens is 1. The summed E-state index contributed by atoms with van der Waals surface area (Å²) in [5.41, 5.74) is 6.90. The number of hydrogen-bond acceptors (Lipinski definition) is 1. The maximum absolute atomic E-state index is 3.60. The van der Waals surface area contributed by atoms with Crippen molar-refractivity contribution in [3.63, 3.8) is 0 Å². The Balaban J connectivity index is 2.07. The Kier molecular flexibility index (Phi) is 2.90. The van der Waals surface area contributed by atoms with Crippen LogP contribution in [0.1, 0.15) is 35.2 Å². The van der Waals surface area contributed by atoms with Crippen molar-refractivity contribution in [1.29, 1.82) is 0 Å². The molecule has 0 bridgehead atoms. The van der Waals surface area contributed by atoms with Gasteiger partial charge in [-0.1, -0.05) is 6.07 Å². The molecule has 1 atom stereocenters. The highest BCUT2D eigenvalue weighted by Crippen LogP contribution is 2.28. The van der Waals surface area contributed by atoms with E-state index in [2.05, 4.69) is 43.2 Å². The summed E-state index contributed by atoms with van der Waals surface area (Å²) in [6.45, 7) is 7.79. The van der Waals surface area contributed by atoms with E-state index < -0.39 is 0 Å². The number of aryl methyl sites for hydroxylation is 3. The molecule has 18 heavy (non-hydrogen) atoms. The number of aromatic amines is 1. The molecular formula is C16H22N2. The average molecular weight is 242 g/mol. The molecule has 1 saturated heterocycles. The fraction of sp³-hybridized carbons (Fsp3) is 0.500. The van der Waals surface area contributed by atoms with Crippen molar-refractivity contribution >= 4 is 10.9 Å². The van der Waals surface area contributed by atoms with E-state index in [1.165, 1.54) is 52.7 Å². The second-order valence-electron chi connectivity index (χ2n) is 5.73. The van der Waals surface area contributed by atoms with Crippen molar-refractivity contribution in [2.75, 3.05) is 6.54 Å². The van der Waals surface area contributed by atoms with Crippen LogP contribution in [-0.4, -0.2) is 17.6 Å². The highest BCUT2D eigenvalue weighted by molar-refractivity contribution is 5.88. The molecule has 0 amide bonds. The van der Waals surface area contributed by atoms with Crippen LogP contribution in [0.4, 0.5) is 0 Å². The number of aromatic nitrogens is 1. The van der Waals surface area contributed by atoms with Gasteiger partial charge in [-0.25, -0.2) is 0 Å². The first-order valence-corrected chi connectivity index (χ1v) is 6.97. The van der Waals surface area contributed by atoms with Crippen LogP contribution in [0.2, 0.25) is 0 Å². The normalized spacial score (nSPS) is 19.8. The standard InChI is InChI=1S/C16H22N2/c1-10-7-11(2)16-14(9-13-5-4-6-17-13)12(3)18-15(16)8-10/h7-8,13,17-18H,4-6,9H2,1-3H3. The zero-order valence-corrected chi connectivity index (χ0v) is 11.6. The Morgan fingerprint density at radius 1 is 1.22 bits per heavy atom. The molecule has 1 fully saturated rings. The van der Waals surface area contributed by atoms with Gasteiger partial charge in [0.15, 0.2) is 0 Å². The summed E-state index contributed by atoms with van der Waals surface area (Å²) in [7, 11) is 0. The van der Waals surface area contributed by atoms with Crippen LogP contribution in [0.5, 0.6) is 0 Å². The van der Waals surface area contributed by atoms with Crippen molar-refractivity contribution in [2.45, 2.75) is 46.1 Å². The summed E-state index contributed by atoms with van der Waals surface area (Å²) in [6, 6.07) is 5.23. The molecule has 3 rings (SSSR count). The van der Waals surface area contributed by atoms with Crippen molar-refractivity contribution in [1.82, 2.24) is 10.3 Å². The molecule has 96 valence electrons. The summed E-state index contributed by atoms with van der Waals surface area (Å²) >= 11 is 0. The monoisotopic (exact) mass is 242 g/mol. The molecule has 2 heterocycles. The smallest absolute Gasteiger partial charge is 0.0464 e. The van der Waals surface area contributed by atoms with Gasteiger partial charge in [-0.15, -0.1) is 0 Å². The van der Waals surface area contributed by atoms with Gasteiger partial charge in [0.2, 0.25) is 0 Å². The minimum absolute atomic E-state index is 0.670. The van der Waals surface area contributed by atoms with Crippen LogP contribution in [0, 0.1) is 20.8 Å². The quantitative estimate of drug-likeness (QED) is 0.830. The lowest BCUT2D eigenvalue weighted by molar-refractivity contribution is 0.603. The fourth-order valence-electron chi connectivity index (χ4n) is 3.36. The molecule has 1 unspecified atom stereocenters. The van der Waals surface area contributed by atoms with Gasteiger partial charge in [-0.2, -0.15) is 0 Å². The lowest BCUT2D eigenvalue weighted by Crippen LogP contribution is -2.23. The Hall–Kier alpha value is -1.28. The van der Waals surface area contributed by atoms with E-state index in [1.54, 1.807) is 0 Å². The minimum atomic E-state index is 0.670. The van der Waals surface area contributed by atoms with Crippen molar-refractivity contribution in [3.8, 4) is 0 Å². The van der Waals surface area contributed by atoms with E-state index in [4.69, 9.17) is 0 Å². The summed E-state index contributed by atoms with van der Waals surface area (Å²) in [5, 5.41) is 5.05. The van der Waals surface area contributed by atoms with Crippen LogP contribution in [-0.2, 0) is 6.42 Å². The van der Waals surface area contributed by atoms with E-state index in [0.717, 1.165) is 6.42 Å². The van der Waals surface area contributed by atoms with Gasteiger partial charge < -0.3 is 10.3 Å². The van der Waals surface area contributed by atoms with Gasteiger partial charge in [0, 0.05) is 22.6 Å². The first kappa shape index (κ1) is 11.8. The predicted molar refractivity (Wildman–Crippen MR) is 77.2 cm³/mol. The van der Waals surface area contributed by atoms with Gasteiger partial charge in [0.05, 0.1) is 0 Å². The third-order valence-electron chi connectivity index (χ3n) is 4.17. The molecular weight excluding hydrogens is 220 g/mol. The van der Waals surface area contributed by atoms with Gasteiger partial charge in [0.25, 0.3) is 0 Å². The number of hydrogen-bond donors (Lipinski definition) is 2. The third kappa shape index (κ3) is 1.95. The van der Waals surface area contributed by atoms with Crippen molar-refractivity contribution in [2.24, 2.45) is 0 Å². The van der Waals surface area contributed by atoms with Crippen LogP contribution < -0.4 is 5.32 Å². The first-order chi connectivity index (χ1) is 8.65. The zero-order valence-electron chi connectivity index (χ0n) is 11.6.